The molecule has 0 saturated heterocycles. The number of hydrogen-bond donors (Lipinski definition) is 3. The van der Waals surface area contributed by atoms with E-state index in [1.807, 2.05) is 95.2 Å². The zero-order chi connectivity index (χ0) is 34.2. The summed E-state index contributed by atoms with van der Waals surface area (Å²) in [6, 6.07) is 23.6. The third kappa shape index (κ3) is 6.10. The zero-order valence-electron chi connectivity index (χ0n) is 27.0. The van der Waals surface area contributed by atoms with Gasteiger partial charge in [-0.1, -0.05) is 48.5 Å². The van der Waals surface area contributed by atoms with Crippen LogP contribution in [0.4, 0.5) is 17.1 Å². The highest BCUT2D eigenvalue weighted by molar-refractivity contribution is 7.14. The van der Waals surface area contributed by atoms with Gasteiger partial charge in [0.05, 0.1) is 40.4 Å². The van der Waals surface area contributed by atoms with Crippen molar-refractivity contribution in [2.45, 2.75) is 26.2 Å². The van der Waals surface area contributed by atoms with Gasteiger partial charge in [0.2, 0.25) is 17.7 Å². The second-order valence-corrected chi connectivity index (χ2v) is 13.9. The highest BCUT2D eigenvalue weighted by Gasteiger charge is 2.26. The van der Waals surface area contributed by atoms with Crippen molar-refractivity contribution in [3.05, 3.63) is 119 Å². The van der Waals surface area contributed by atoms with E-state index in [2.05, 4.69) is 26.7 Å². The van der Waals surface area contributed by atoms with Gasteiger partial charge in [0.1, 0.15) is 17.4 Å². The Bertz CT molecular complexity index is 2390. The molecule has 248 valence electrons. The summed E-state index contributed by atoms with van der Waals surface area (Å²) in [6.07, 6.45) is 6.52. The minimum Gasteiger partial charge on any atom is -0.341 e. The fourth-order valence-electron chi connectivity index (χ4n) is 6.45. The molecule has 7 aromatic rings. The fraction of sp³-hybridized carbons (Fsp3) is 0.132. The van der Waals surface area contributed by atoms with Crippen LogP contribution in [-0.2, 0) is 27.2 Å². The molecule has 0 atom stereocenters. The van der Waals surface area contributed by atoms with Crippen LogP contribution in [-0.4, -0.2) is 43.8 Å². The number of nitrogens with one attached hydrogen (secondary N) is 3. The number of aromatic amines is 1. The van der Waals surface area contributed by atoms with Crippen LogP contribution in [0.1, 0.15) is 23.4 Å². The second-order valence-electron chi connectivity index (χ2n) is 12.1. The number of amides is 3. The molecule has 0 saturated carbocycles. The van der Waals surface area contributed by atoms with Gasteiger partial charge in [-0.15, -0.1) is 22.7 Å². The van der Waals surface area contributed by atoms with Crippen molar-refractivity contribution in [3.8, 4) is 26.8 Å². The number of anilines is 3. The maximum atomic E-state index is 13.4. The Kier molecular flexibility index (Phi) is 8.31. The molecular weight excluding hydrogens is 667 g/mol. The van der Waals surface area contributed by atoms with Gasteiger partial charge in [0.15, 0.2) is 0 Å². The van der Waals surface area contributed by atoms with Crippen molar-refractivity contribution in [2.24, 2.45) is 0 Å². The Morgan fingerprint density at radius 2 is 1.76 bits per heavy atom. The van der Waals surface area contributed by atoms with Crippen LogP contribution in [0.25, 0.3) is 37.6 Å². The lowest BCUT2D eigenvalue weighted by Crippen LogP contribution is -2.40. The molecule has 0 fully saturated rings. The number of nitrogens with zero attached hydrogens (tertiary/aromatic N) is 4. The third-order valence-corrected chi connectivity index (χ3v) is 10.6. The van der Waals surface area contributed by atoms with Crippen molar-refractivity contribution in [1.82, 2.24) is 19.5 Å². The van der Waals surface area contributed by atoms with Crippen molar-refractivity contribution in [2.75, 3.05) is 22.1 Å². The van der Waals surface area contributed by atoms with Gasteiger partial charge >= 0.3 is 0 Å². The van der Waals surface area contributed by atoms with Crippen LogP contribution in [0.3, 0.4) is 0 Å². The van der Waals surface area contributed by atoms with E-state index >= 15 is 0 Å². The van der Waals surface area contributed by atoms with Gasteiger partial charge in [-0.05, 0) is 70.3 Å². The number of hydrogen-bond acceptors (Lipinski definition) is 7. The molecule has 3 aromatic carbocycles. The number of imidazole rings is 2. The number of fused-ring (bicyclic) bond motifs is 2. The number of aryl methyl sites for hydroxylation is 2. The summed E-state index contributed by atoms with van der Waals surface area (Å²) >= 11 is 3.02. The normalized spacial score (nSPS) is 12.7. The number of para-hydroxylation sites is 1. The molecule has 0 aliphatic carbocycles. The number of rotatable bonds is 9. The van der Waals surface area contributed by atoms with E-state index in [1.165, 1.54) is 22.7 Å². The van der Waals surface area contributed by atoms with Gasteiger partial charge in [0.25, 0.3) is 0 Å². The standard InChI is InChI=1S/C38H31N7O3S2/c1-23-40-35(36(41-23)37-29(13-17-49-37)42-33(47)21-45-31-8-3-2-5-25(31)11-12-34(45)48)27-10-9-24-6-4-7-26(28(24)19-27)20-32(46)43-30-14-18-50-38(30)44-16-15-39-22-44/h2-10,13-19,22H,11-12,20-21H2,1H3,(H,40,41)(H,42,47)(H,43,46). The van der Waals surface area contributed by atoms with Crippen molar-refractivity contribution in [1.29, 1.82) is 0 Å². The van der Waals surface area contributed by atoms with Crippen LogP contribution in [0.2, 0.25) is 0 Å². The van der Waals surface area contributed by atoms with Crippen LogP contribution < -0.4 is 15.5 Å². The fourth-order valence-corrected chi connectivity index (χ4v) is 8.11. The lowest BCUT2D eigenvalue weighted by Gasteiger charge is -2.28. The molecule has 10 nitrogen and oxygen atoms in total. The van der Waals surface area contributed by atoms with Gasteiger partial charge in [-0.3, -0.25) is 19.0 Å². The highest BCUT2D eigenvalue weighted by Crippen LogP contribution is 2.40. The molecule has 3 N–H and O–H groups in total. The molecule has 50 heavy (non-hydrogen) atoms. The molecule has 0 unspecified atom stereocenters. The summed E-state index contributed by atoms with van der Waals surface area (Å²) in [5.41, 5.74) is 6.53. The summed E-state index contributed by atoms with van der Waals surface area (Å²) < 4.78 is 1.88. The molecular formula is C38H31N7O3S2. The monoisotopic (exact) mass is 697 g/mol. The minimum absolute atomic E-state index is 0.0604. The molecule has 12 heteroatoms. The lowest BCUT2D eigenvalue weighted by atomic mass is 9.98. The number of aromatic nitrogens is 4. The van der Waals surface area contributed by atoms with Crippen LogP contribution in [0.15, 0.2) is 102 Å². The quantitative estimate of drug-likeness (QED) is 0.143. The van der Waals surface area contributed by atoms with Gasteiger partial charge in [-0.25, -0.2) is 9.97 Å². The molecule has 1 aliphatic heterocycles. The van der Waals surface area contributed by atoms with Crippen LogP contribution >= 0.6 is 22.7 Å². The number of benzene rings is 3. The first-order valence-corrected chi connectivity index (χ1v) is 17.9. The average molecular weight is 698 g/mol. The Balaban J connectivity index is 1.05. The summed E-state index contributed by atoms with van der Waals surface area (Å²) in [7, 11) is 0. The van der Waals surface area contributed by atoms with E-state index in [0.717, 1.165) is 65.9 Å². The smallest absolute Gasteiger partial charge is 0.244 e. The first-order valence-electron chi connectivity index (χ1n) is 16.1. The molecule has 3 amide bonds. The summed E-state index contributed by atoms with van der Waals surface area (Å²) in [5, 5.41) is 12.9. The predicted molar refractivity (Wildman–Crippen MR) is 199 cm³/mol. The third-order valence-electron chi connectivity index (χ3n) is 8.74. The predicted octanol–water partition coefficient (Wildman–Crippen LogP) is 7.61. The maximum Gasteiger partial charge on any atom is 0.244 e. The summed E-state index contributed by atoms with van der Waals surface area (Å²) in [6.45, 7) is 1.83. The number of carbonyl (C=O) groups is 3. The first kappa shape index (κ1) is 31.4. The SMILES string of the molecule is Cc1nc(-c2ccc3cccc(CC(=O)Nc4ccsc4-n4ccnc4)c3c2)c(-c2sccc2NC(=O)CN2C(=O)CCc3ccccc32)[nH]1. The Morgan fingerprint density at radius 3 is 2.64 bits per heavy atom. The van der Waals surface area contributed by atoms with E-state index in [0.29, 0.717) is 18.5 Å². The lowest BCUT2D eigenvalue weighted by molar-refractivity contribution is -0.121. The molecule has 8 rings (SSSR count). The second kappa shape index (κ2) is 13.2. The molecule has 1 aliphatic rings. The number of carbonyl (C=O) groups excluding carboxylic acids is 3. The Morgan fingerprint density at radius 1 is 0.920 bits per heavy atom. The molecule has 0 bridgehead atoms. The minimum atomic E-state index is -0.277. The average Bonchev–Trinajstić information content (AvgIpc) is 3.94. The highest BCUT2D eigenvalue weighted by atomic mass is 32.1. The number of H-pyrrole nitrogens is 1. The van der Waals surface area contributed by atoms with E-state index in [1.54, 1.807) is 17.4 Å². The topological polar surface area (TPSA) is 125 Å². The van der Waals surface area contributed by atoms with Crippen LogP contribution in [0, 0.1) is 6.92 Å². The molecule has 5 heterocycles. The summed E-state index contributed by atoms with van der Waals surface area (Å²) in [5.74, 6) is 0.275. The molecule has 0 radical (unpaired) electrons. The largest absolute Gasteiger partial charge is 0.341 e. The van der Waals surface area contributed by atoms with Crippen molar-refractivity contribution in [3.63, 3.8) is 0 Å². The van der Waals surface area contributed by atoms with E-state index in [-0.39, 0.29) is 30.7 Å². The Labute approximate surface area is 295 Å². The zero-order valence-corrected chi connectivity index (χ0v) is 28.6. The van der Waals surface area contributed by atoms with E-state index in [9.17, 15) is 14.4 Å². The summed E-state index contributed by atoms with van der Waals surface area (Å²) in [4.78, 5) is 54.3. The van der Waals surface area contributed by atoms with Gasteiger partial charge in [0, 0.05) is 30.1 Å². The Hall–Kier alpha value is -5.85. The van der Waals surface area contributed by atoms with E-state index < -0.39 is 0 Å². The van der Waals surface area contributed by atoms with Gasteiger partial charge in [-0.2, -0.15) is 0 Å². The maximum absolute atomic E-state index is 13.4. The van der Waals surface area contributed by atoms with Crippen LogP contribution in [0.5, 0.6) is 0 Å². The molecule has 4 aromatic heterocycles. The van der Waals surface area contributed by atoms with Crippen molar-refractivity contribution < 1.29 is 14.4 Å². The molecule has 0 spiro atoms. The van der Waals surface area contributed by atoms with Gasteiger partial charge < -0.3 is 20.5 Å². The van der Waals surface area contributed by atoms with E-state index in [4.69, 9.17) is 4.98 Å². The number of thiophene rings is 2. The first-order chi connectivity index (χ1) is 24.4. The van der Waals surface area contributed by atoms with Crippen molar-refractivity contribution >= 4 is 68.2 Å².